The minimum atomic E-state index is -0.250. The maximum atomic E-state index is 12.4. The van der Waals surface area contributed by atoms with Crippen molar-refractivity contribution in [1.29, 1.82) is 0 Å². The van der Waals surface area contributed by atoms with Crippen LogP contribution in [0.2, 0.25) is 0 Å². The molecule has 0 radical (unpaired) electrons. The summed E-state index contributed by atoms with van der Waals surface area (Å²) in [6.07, 6.45) is 4.25. The molecule has 1 aliphatic carbocycles. The second-order valence-corrected chi connectivity index (χ2v) is 7.86. The molecule has 140 valence electrons. The number of fused-ring (bicyclic) bond motifs is 1. The maximum Gasteiger partial charge on any atom is 0.261 e. The fourth-order valence-electron chi connectivity index (χ4n) is 4.07. The van der Waals surface area contributed by atoms with Crippen LogP contribution in [0.1, 0.15) is 72.2 Å². The van der Waals surface area contributed by atoms with E-state index in [1.54, 1.807) is 12.1 Å². The molecule has 1 aromatic carbocycles. The summed E-state index contributed by atoms with van der Waals surface area (Å²) in [7, 11) is 0. The van der Waals surface area contributed by atoms with Crippen LogP contribution in [0.3, 0.4) is 0 Å². The lowest BCUT2D eigenvalue weighted by Crippen LogP contribution is -2.43. The van der Waals surface area contributed by atoms with Crippen molar-refractivity contribution in [3.05, 3.63) is 34.9 Å². The van der Waals surface area contributed by atoms with Crippen LogP contribution in [-0.4, -0.2) is 35.2 Å². The number of nitrogens with zero attached hydrogens (tertiary/aromatic N) is 1. The first-order valence-electron chi connectivity index (χ1n) is 9.64. The lowest BCUT2D eigenvalue weighted by molar-refractivity contribution is -0.122. The molecule has 3 atom stereocenters. The third kappa shape index (κ3) is 3.67. The van der Waals surface area contributed by atoms with Crippen molar-refractivity contribution in [2.75, 3.05) is 6.54 Å². The maximum absolute atomic E-state index is 12.4. The van der Waals surface area contributed by atoms with Gasteiger partial charge in [-0.25, -0.2) is 0 Å². The molecule has 1 fully saturated rings. The second kappa shape index (κ2) is 7.60. The lowest BCUT2D eigenvalue weighted by atomic mass is 9.78. The summed E-state index contributed by atoms with van der Waals surface area (Å²) in [6.45, 7) is 6.64. The molecule has 0 spiro atoms. The van der Waals surface area contributed by atoms with Gasteiger partial charge < -0.3 is 5.32 Å². The van der Waals surface area contributed by atoms with Crippen LogP contribution in [-0.2, 0) is 4.79 Å². The molecular formula is C21H28N2O3. The van der Waals surface area contributed by atoms with Crippen molar-refractivity contribution in [3.8, 4) is 0 Å². The third-order valence-electron chi connectivity index (χ3n) is 5.96. The molecular weight excluding hydrogens is 328 g/mol. The number of benzene rings is 1. The van der Waals surface area contributed by atoms with E-state index in [1.165, 1.54) is 11.3 Å². The minimum Gasteiger partial charge on any atom is -0.353 e. The van der Waals surface area contributed by atoms with Gasteiger partial charge in [-0.3, -0.25) is 19.3 Å². The summed E-state index contributed by atoms with van der Waals surface area (Å²) in [5.74, 6) is 0.649. The summed E-state index contributed by atoms with van der Waals surface area (Å²) in [6, 6.07) is 5.55. The Hall–Kier alpha value is -2.17. The number of nitrogens with one attached hydrogen (secondary N) is 1. The van der Waals surface area contributed by atoms with Gasteiger partial charge in [-0.15, -0.1) is 0 Å². The Kier molecular flexibility index (Phi) is 5.44. The van der Waals surface area contributed by atoms with Gasteiger partial charge in [0.25, 0.3) is 11.8 Å². The van der Waals surface area contributed by atoms with E-state index in [2.05, 4.69) is 19.2 Å². The quantitative estimate of drug-likeness (QED) is 0.823. The van der Waals surface area contributed by atoms with Crippen LogP contribution < -0.4 is 5.32 Å². The molecule has 1 aromatic rings. The molecule has 0 aromatic heterocycles. The van der Waals surface area contributed by atoms with Crippen LogP contribution in [0.15, 0.2) is 18.2 Å². The Morgan fingerprint density at radius 3 is 2.65 bits per heavy atom. The number of hydrogen-bond donors (Lipinski definition) is 1. The Labute approximate surface area is 155 Å². The molecule has 0 bridgehead atoms. The number of hydrogen-bond acceptors (Lipinski definition) is 3. The average molecular weight is 356 g/mol. The van der Waals surface area contributed by atoms with Crippen molar-refractivity contribution in [1.82, 2.24) is 10.2 Å². The van der Waals surface area contributed by atoms with Gasteiger partial charge in [-0.1, -0.05) is 38.3 Å². The van der Waals surface area contributed by atoms with E-state index < -0.39 is 0 Å². The molecule has 3 amide bonds. The number of amides is 3. The van der Waals surface area contributed by atoms with E-state index in [0.29, 0.717) is 35.8 Å². The van der Waals surface area contributed by atoms with E-state index in [1.807, 2.05) is 13.0 Å². The zero-order chi connectivity index (χ0) is 18.8. The largest absolute Gasteiger partial charge is 0.353 e. The van der Waals surface area contributed by atoms with Gasteiger partial charge >= 0.3 is 0 Å². The van der Waals surface area contributed by atoms with Crippen LogP contribution in [0.5, 0.6) is 0 Å². The van der Waals surface area contributed by atoms with Gasteiger partial charge in [0.05, 0.1) is 11.1 Å². The van der Waals surface area contributed by atoms with Gasteiger partial charge in [-0.05, 0) is 43.7 Å². The van der Waals surface area contributed by atoms with E-state index in [4.69, 9.17) is 0 Å². The Morgan fingerprint density at radius 1 is 1.15 bits per heavy atom. The zero-order valence-corrected chi connectivity index (χ0v) is 15.9. The first kappa shape index (κ1) is 18.6. The van der Waals surface area contributed by atoms with Crippen LogP contribution in [0.4, 0.5) is 0 Å². The molecule has 3 unspecified atom stereocenters. The highest BCUT2D eigenvalue weighted by molar-refractivity contribution is 6.21. The summed E-state index contributed by atoms with van der Waals surface area (Å²) in [4.78, 5) is 38.4. The average Bonchev–Trinajstić information content (AvgIpc) is 2.83. The second-order valence-electron chi connectivity index (χ2n) is 7.86. The number of carbonyl (C=O) groups excluding carboxylic acids is 3. The number of carbonyl (C=O) groups is 3. The van der Waals surface area contributed by atoms with Crippen molar-refractivity contribution < 1.29 is 14.4 Å². The monoisotopic (exact) mass is 356 g/mol. The van der Waals surface area contributed by atoms with E-state index in [9.17, 15) is 14.4 Å². The Morgan fingerprint density at radius 2 is 1.88 bits per heavy atom. The van der Waals surface area contributed by atoms with Gasteiger partial charge in [0.1, 0.15) is 0 Å². The molecule has 3 rings (SSSR count). The van der Waals surface area contributed by atoms with Crippen molar-refractivity contribution in [2.24, 2.45) is 11.8 Å². The molecule has 5 nitrogen and oxygen atoms in total. The van der Waals surface area contributed by atoms with Crippen molar-refractivity contribution >= 4 is 17.7 Å². The van der Waals surface area contributed by atoms with Crippen molar-refractivity contribution in [3.63, 3.8) is 0 Å². The van der Waals surface area contributed by atoms with Gasteiger partial charge in [0.2, 0.25) is 5.91 Å². The molecule has 1 aliphatic heterocycles. The number of imide groups is 1. The molecule has 0 saturated heterocycles. The standard InChI is InChI=1S/C21H28N2O3/c1-13-9-10-16-17(12-13)21(26)23(20(16)25)11-5-8-19(24)22-18-7-4-6-14(2)15(18)3/h9-10,12,14-15,18H,4-8,11H2,1-3H3,(H,22,24). The van der Waals surface area contributed by atoms with Crippen LogP contribution in [0.25, 0.3) is 0 Å². The third-order valence-corrected chi connectivity index (χ3v) is 5.96. The van der Waals surface area contributed by atoms with E-state index in [0.717, 1.165) is 18.4 Å². The normalized spacial score (nSPS) is 25.3. The first-order valence-corrected chi connectivity index (χ1v) is 9.64. The predicted octanol–water partition coefficient (Wildman–Crippen LogP) is 3.31. The molecule has 5 heteroatoms. The minimum absolute atomic E-state index is 0.0170. The highest BCUT2D eigenvalue weighted by Gasteiger charge is 2.35. The number of rotatable bonds is 5. The predicted molar refractivity (Wildman–Crippen MR) is 99.9 cm³/mol. The Balaban J connectivity index is 1.50. The molecule has 26 heavy (non-hydrogen) atoms. The fourth-order valence-corrected chi connectivity index (χ4v) is 4.07. The molecule has 1 heterocycles. The summed E-state index contributed by atoms with van der Waals surface area (Å²) < 4.78 is 0. The van der Waals surface area contributed by atoms with Gasteiger partial charge in [-0.2, -0.15) is 0 Å². The summed E-state index contributed by atoms with van der Waals surface area (Å²) in [5.41, 5.74) is 1.90. The highest BCUT2D eigenvalue weighted by atomic mass is 16.2. The lowest BCUT2D eigenvalue weighted by Gasteiger charge is -2.34. The number of aryl methyl sites for hydroxylation is 1. The Bertz CT molecular complexity index is 728. The summed E-state index contributed by atoms with van der Waals surface area (Å²) in [5, 5.41) is 3.14. The van der Waals surface area contributed by atoms with Crippen molar-refractivity contribution in [2.45, 2.75) is 58.9 Å². The van der Waals surface area contributed by atoms with Crippen LogP contribution in [0, 0.1) is 18.8 Å². The smallest absolute Gasteiger partial charge is 0.261 e. The topological polar surface area (TPSA) is 66.5 Å². The molecule has 2 aliphatic rings. The molecule has 1 saturated carbocycles. The van der Waals surface area contributed by atoms with Gasteiger partial charge in [0, 0.05) is 19.0 Å². The van der Waals surface area contributed by atoms with E-state index in [-0.39, 0.29) is 30.3 Å². The first-order chi connectivity index (χ1) is 12.4. The zero-order valence-electron chi connectivity index (χ0n) is 15.9. The SMILES string of the molecule is Cc1ccc2c(c1)C(=O)N(CCCC(=O)NC1CCCC(C)C1C)C2=O. The highest BCUT2D eigenvalue weighted by Crippen LogP contribution is 2.29. The van der Waals surface area contributed by atoms with Gasteiger partial charge in [0.15, 0.2) is 0 Å². The van der Waals surface area contributed by atoms with E-state index >= 15 is 0 Å². The fraction of sp³-hybridized carbons (Fsp3) is 0.571. The summed E-state index contributed by atoms with van der Waals surface area (Å²) >= 11 is 0. The molecule has 1 N–H and O–H groups in total. The van der Waals surface area contributed by atoms with Crippen LogP contribution >= 0.6 is 0 Å².